The molecule has 0 fully saturated rings. The topological polar surface area (TPSA) is 64.7 Å². The fourth-order valence-corrected chi connectivity index (χ4v) is 1.26. The van der Waals surface area contributed by atoms with Crippen LogP contribution in [0.5, 0.6) is 11.5 Å². The van der Waals surface area contributed by atoms with Crippen LogP contribution in [0.15, 0.2) is 18.2 Å². The number of nitrogens with two attached hydrogens (primary N) is 1. The summed E-state index contributed by atoms with van der Waals surface area (Å²) in [4.78, 5) is 0. The van der Waals surface area contributed by atoms with Crippen LogP contribution in [-0.4, -0.2) is 18.4 Å². The standard InChI is InChI=1S/C9H11NO3/c10-4-7(11)6-1-2-8-9(3-6)13-5-12-8/h1-3,7,11H,4-5,10H2. The third kappa shape index (κ3) is 1.46. The van der Waals surface area contributed by atoms with Crippen molar-refractivity contribution in [2.75, 3.05) is 13.3 Å². The number of aliphatic hydroxyl groups is 1. The molecule has 2 rings (SSSR count). The van der Waals surface area contributed by atoms with Gasteiger partial charge in [-0.15, -0.1) is 0 Å². The van der Waals surface area contributed by atoms with Crippen molar-refractivity contribution in [3.05, 3.63) is 23.8 Å². The zero-order valence-electron chi connectivity index (χ0n) is 7.06. The molecule has 0 aromatic heterocycles. The minimum Gasteiger partial charge on any atom is -0.454 e. The predicted octanol–water partition coefficient (Wildman–Crippen LogP) is 0.407. The van der Waals surface area contributed by atoms with Crippen molar-refractivity contribution in [1.82, 2.24) is 0 Å². The Balaban J connectivity index is 2.30. The maximum Gasteiger partial charge on any atom is 0.231 e. The van der Waals surface area contributed by atoms with Gasteiger partial charge in [0.15, 0.2) is 11.5 Å². The molecule has 1 aliphatic rings. The maximum absolute atomic E-state index is 9.44. The molecule has 4 nitrogen and oxygen atoms in total. The summed E-state index contributed by atoms with van der Waals surface area (Å²) >= 11 is 0. The van der Waals surface area contributed by atoms with E-state index in [0.29, 0.717) is 11.5 Å². The van der Waals surface area contributed by atoms with E-state index in [4.69, 9.17) is 15.2 Å². The van der Waals surface area contributed by atoms with Crippen molar-refractivity contribution in [1.29, 1.82) is 0 Å². The van der Waals surface area contributed by atoms with Crippen molar-refractivity contribution in [3.63, 3.8) is 0 Å². The van der Waals surface area contributed by atoms with Gasteiger partial charge in [-0.05, 0) is 17.7 Å². The lowest BCUT2D eigenvalue weighted by Gasteiger charge is -2.07. The first-order chi connectivity index (χ1) is 6.31. The zero-order valence-corrected chi connectivity index (χ0v) is 7.06. The highest BCUT2D eigenvalue weighted by Gasteiger charge is 2.15. The lowest BCUT2D eigenvalue weighted by molar-refractivity contribution is 0.172. The Morgan fingerprint density at radius 1 is 1.38 bits per heavy atom. The Hall–Kier alpha value is -1.26. The highest BCUT2D eigenvalue weighted by Crippen LogP contribution is 2.33. The van der Waals surface area contributed by atoms with Crippen LogP contribution < -0.4 is 15.2 Å². The predicted molar refractivity (Wildman–Crippen MR) is 46.6 cm³/mol. The first-order valence-electron chi connectivity index (χ1n) is 4.09. The number of benzene rings is 1. The van der Waals surface area contributed by atoms with Gasteiger partial charge in [-0.3, -0.25) is 0 Å². The fraction of sp³-hybridized carbons (Fsp3) is 0.333. The smallest absolute Gasteiger partial charge is 0.231 e. The third-order valence-electron chi connectivity index (χ3n) is 2.00. The fourth-order valence-electron chi connectivity index (χ4n) is 1.26. The van der Waals surface area contributed by atoms with Crippen molar-refractivity contribution in [2.45, 2.75) is 6.10 Å². The zero-order chi connectivity index (χ0) is 9.26. The molecule has 4 heteroatoms. The number of aliphatic hydroxyl groups excluding tert-OH is 1. The lowest BCUT2D eigenvalue weighted by atomic mass is 10.1. The van der Waals surface area contributed by atoms with E-state index in [0.717, 1.165) is 5.56 Å². The first kappa shape index (κ1) is 8.34. The van der Waals surface area contributed by atoms with Gasteiger partial charge in [0.25, 0.3) is 0 Å². The number of rotatable bonds is 2. The second-order valence-corrected chi connectivity index (χ2v) is 2.86. The molecule has 0 aliphatic carbocycles. The Kier molecular flexibility index (Phi) is 2.08. The van der Waals surface area contributed by atoms with E-state index in [2.05, 4.69) is 0 Å². The van der Waals surface area contributed by atoms with E-state index in [1.807, 2.05) is 0 Å². The molecule has 0 amide bonds. The normalized spacial score (nSPS) is 15.8. The number of hydrogen-bond acceptors (Lipinski definition) is 4. The van der Waals surface area contributed by atoms with Gasteiger partial charge < -0.3 is 20.3 Å². The number of ether oxygens (including phenoxy) is 2. The summed E-state index contributed by atoms with van der Waals surface area (Å²) in [6.07, 6.45) is -0.630. The molecule has 0 radical (unpaired) electrons. The summed E-state index contributed by atoms with van der Waals surface area (Å²) in [5.41, 5.74) is 6.08. The van der Waals surface area contributed by atoms with Crippen LogP contribution in [0.1, 0.15) is 11.7 Å². The SMILES string of the molecule is NCC(O)c1ccc2c(c1)OCO2. The average Bonchev–Trinajstić information content (AvgIpc) is 2.63. The van der Waals surface area contributed by atoms with E-state index >= 15 is 0 Å². The summed E-state index contributed by atoms with van der Waals surface area (Å²) in [5.74, 6) is 1.39. The maximum atomic E-state index is 9.44. The van der Waals surface area contributed by atoms with Crippen LogP contribution in [0.3, 0.4) is 0 Å². The van der Waals surface area contributed by atoms with Gasteiger partial charge in [0.1, 0.15) is 0 Å². The van der Waals surface area contributed by atoms with Crippen LogP contribution in [0.2, 0.25) is 0 Å². The van der Waals surface area contributed by atoms with Crippen LogP contribution in [-0.2, 0) is 0 Å². The van der Waals surface area contributed by atoms with Crippen LogP contribution in [0, 0.1) is 0 Å². The van der Waals surface area contributed by atoms with E-state index in [-0.39, 0.29) is 13.3 Å². The molecular formula is C9H11NO3. The Bertz CT molecular complexity index is 314. The lowest BCUT2D eigenvalue weighted by Crippen LogP contribution is -2.11. The molecule has 0 bridgehead atoms. The molecule has 0 spiro atoms. The Morgan fingerprint density at radius 2 is 2.15 bits per heavy atom. The Labute approximate surface area is 75.9 Å². The van der Waals surface area contributed by atoms with E-state index in [1.54, 1.807) is 18.2 Å². The van der Waals surface area contributed by atoms with Gasteiger partial charge in [-0.25, -0.2) is 0 Å². The quantitative estimate of drug-likeness (QED) is 0.693. The minimum atomic E-state index is -0.630. The molecule has 0 saturated carbocycles. The second-order valence-electron chi connectivity index (χ2n) is 2.86. The first-order valence-corrected chi connectivity index (χ1v) is 4.09. The highest BCUT2D eigenvalue weighted by atomic mass is 16.7. The average molecular weight is 181 g/mol. The van der Waals surface area contributed by atoms with Crippen molar-refractivity contribution >= 4 is 0 Å². The molecule has 1 aromatic carbocycles. The highest BCUT2D eigenvalue weighted by molar-refractivity contribution is 5.45. The molecular weight excluding hydrogens is 170 g/mol. The van der Waals surface area contributed by atoms with Crippen molar-refractivity contribution in [2.24, 2.45) is 5.73 Å². The van der Waals surface area contributed by atoms with Crippen LogP contribution in [0.4, 0.5) is 0 Å². The second kappa shape index (κ2) is 3.24. The third-order valence-corrected chi connectivity index (χ3v) is 2.00. The van der Waals surface area contributed by atoms with Crippen LogP contribution >= 0.6 is 0 Å². The Morgan fingerprint density at radius 3 is 2.92 bits per heavy atom. The van der Waals surface area contributed by atoms with Crippen molar-refractivity contribution in [3.8, 4) is 11.5 Å². The number of fused-ring (bicyclic) bond motifs is 1. The van der Waals surface area contributed by atoms with Gasteiger partial charge in [0.05, 0.1) is 6.10 Å². The molecule has 1 heterocycles. The molecule has 13 heavy (non-hydrogen) atoms. The van der Waals surface area contributed by atoms with Gasteiger partial charge in [0.2, 0.25) is 6.79 Å². The molecule has 1 aromatic rings. The molecule has 0 saturated heterocycles. The van der Waals surface area contributed by atoms with Crippen molar-refractivity contribution < 1.29 is 14.6 Å². The molecule has 1 aliphatic heterocycles. The molecule has 3 N–H and O–H groups in total. The largest absolute Gasteiger partial charge is 0.454 e. The van der Waals surface area contributed by atoms with E-state index in [9.17, 15) is 5.11 Å². The van der Waals surface area contributed by atoms with Crippen LogP contribution in [0.25, 0.3) is 0 Å². The van der Waals surface area contributed by atoms with Gasteiger partial charge in [0, 0.05) is 6.54 Å². The molecule has 1 unspecified atom stereocenters. The minimum absolute atomic E-state index is 0.208. The van der Waals surface area contributed by atoms with E-state index in [1.165, 1.54) is 0 Å². The van der Waals surface area contributed by atoms with E-state index < -0.39 is 6.10 Å². The summed E-state index contributed by atoms with van der Waals surface area (Å²) in [5, 5.41) is 9.44. The van der Waals surface area contributed by atoms with Gasteiger partial charge in [-0.1, -0.05) is 6.07 Å². The summed E-state index contributed by atoms with van der Waals surface area (Å²) in [6, 6.07) is 5.31. The summed E-state index contributed by atoms with van der Waals surface area (Å²) in [7, 11) is 0. The van der Waals surface area contributed by atoms with Gasteiger partial charge >= 0.3 is 0 Å². The molecule has 1 atom stereocenters. The summed E-state index contributed by atoms with van der Waals surface area (Å²) < 4.78 is 10.3. The number of hydrogen-bond donors (Lipinski definition) is 2. The van der Waals surface area contributed by atoms with Gasteiger partial charge in [-0.2, -0.15) is 0 Å². The monoisotopic (exact) mass is 181 g/mol. The molecule has 70 valence electrons. The summed E-state index contributed by atoms with van der Waals surface area (Å²) in [6.45, 7) is 0.456.